The van der Waals surface area contributed by atoms with E-state index in [1.54, 1.807) is 31.4 Å². The maximum atomic E-state index is 12.6. The van der Waals surface area contributed by atoms with Crippen molar-refractivity contribution in [3.8, 4) is 5.75 Å². The molecule has 2 N–H and O–H groups in total. The molecule has 2 amide bonds. The van der Waals surface area contributed by atoms with Crippen molar-refractivity contribution < 1.29 is 14.3 Å². The Balaban J connectivity index is 1.68. The molecule has 1 saturated heterocycles. The van der Waals surface area contributed by atoms with Crippen LogP contribution in [0, 0.1) is 0 Å². The van der Waals surface area contributed by atoms with Crippen LogP contribution >= 0.6 is 0 Å². The van der Waals surface area contributed by atoms with Crippen molar-refractivity contribution in [1.29, 1.82) is 0 Å². The summed E-state index contributed by atoms with van der Waals surface area (Å²) < 4.78 is 5.16. The molecule has 2 aliphatic heterocycles. The molecule has 0 radical (unpaired) electrons. The first kappa shape index (κ1) is 18.2. The average Bonchev–Trinajstić information content (AvgIpc) is 2.67. The fraction of sp³-hybridized carbons (Fsp3) is 0.500. The van der Waals surface area contributed by atoms with Gasteiger partial charge in [0, 0.05) is 37.9 Å². The summed E-state index contributed by atoms with van der Waals surface area (Å²) in [5.41, 5.74) is 0.619. The number of benzene rings is 1. The zero-order chi connectivity index (χ0) is 18.5. The number of amides is 2. The number of carbonyl (C=O) groups excluding carboxylic acids is 2. The quantitative estimate of drug-likeness (QED) is 0.818. The summed E-state index contributed by atoms with van der Waals surface area (Å²) in [6.45, 7) is 6.57. The van der Waals surface area contributed by atoms with E-state index in [4.69, 9.17) is 4.74 Å². The first-order chi connectivity index (χ1) is 12.6. The van der Waals surface area contributed by atoms with Crippen molar-refractivity contribution in [1.82, 2.24) is 15.1 Å². The van der Waals surface area contributed by atoms with E-state index >= 15 is 0 Å². The van der Waals surface area contributed by atoms with Crippen LogP contribution in [0.3, 0.4) is 0 Å². The summed E-state index contributed by atoms with van der Waals surface area (Å²) >= 11 is 0. The summed E-state index contributed by atoms with van der Waals surface area (Å²) in [4.78, 5) is 33.5. The zero-order valence-electron chi connectivity index (χ0n) is 15.2. The zero-order valence-corrected chi connectivity index (χ0v) is 15.2. The van der Waals surface area contributed by atoms with Crippen molar-refractivity contribution in [3.63, 3.8) is 0 Å². The van der Waals surface area contributed by atoms with Gasteiger partial charge in [-0.1, -0.05) is 13.0 Å². The van der Waals surface area contributed by atoms with Gasteiger partial charge in [-0.2, -0.15) is 0 Å². The van der Waals surface area contributed by atoms with E-state index < -0.39 is 6.04 Å². The molecule has 1 aromatic carbocycles. The lowest BCUT2D eigenvalue weighted by Crippen LogP contribution is -2.56. The third-order valence-corrected chi connectivity index (χ3v) is 4.67. The Morgan fingerprint density at radius 1 is 1.35 bits per heavy atom. The highest BCUT2D eigenvalue weighted by Gasteiger charge is 2.30. The molecule has 8 nitrogen and oxygen atoms in total. The average molecular weight is 359 g/mol. The molecule has 0 unspecified atom stereocenters. The van der Waals surface area contributed by atoms with E-state index in [1.807, 2.05) is 4.90 Å². The van der Waals surface area contributed by atoms with Crippen LogP contribution in [-0.4, -0.2) is 73.4 Å². The molecule has 1 aromatic rings. The predicted molar refractivity (Wildman–Crippen MR) is 99.3 cm³/mol. The Labute approximate surface area is 153 Å². The molecule has 0 bridgehead atoms. The van der Waals surface area contributed by atoms with E-state index in [2.05, 4.69) is 27.4 Å². The van der Waals surface area contributed by atoms with Crippen LogP contribution < -0.4 is 15.4 Å². The molecule has 2 aliphatic rings. The SMILES string of the molecule is CCN1CCN(C2=N[C@@H](C(=O)Nc3cccc(OC)c3)CC(=O)N2)CC1. The van der Waals surface area contributed by atoms with Crippen molar-refractivity contribution in [3.05, 3.63) is 24.3 Å². The van der Waals surface area contributed by atoms with Gasteiger partial charge in [-0.25, -0.2) is 4.99 Å². The van der Waals surface area contributed by atoms with E-state index in [0.717, 1.165) is 32.7 Å². The summed E-state index contributed by atoms with van der Waals surface area (Å²) in [5, 5.41) is 5.62. The maximum absolute atomic E-state index is 12.6. The van der Waals surface area contributed by atoms with Crippen molar-refractivity contribution >= 4 is 23.5 Å². The minimum atomic E-state index is -0.728. The van der Waals surface area contributed by atoms with Crippen LogP contribution in [0.25, 0.3) is 0 Å². The molecule has 1 atom stereocenters. The van der Waals surface area contributed by atoms with Crippen LogP contribution in [0.15, 0.2) is 29.3 Å². The van der Waals surface area contributed by atoms with Crippen LogP contribution in [0.2, 0.25) is 0 Å². The highest BCUT2D eigenvalue weighted by atomic mass is 16.5. The van der Waals surface area contributed by atoms with E-state index in [0.29, 0.717) is 17.4 Å². The van der Waals surface area contributed by atoms with Gasteiger partial charge in [0.15, 0.2) is 0 Å². The number of hydrogen-bond acceptors (Lipinski definition) is 6. The number of ether oxygens (including phenoxy) is 1. The first-order valence-electron chi connectivity index (χ1n) is 8.89. The number of hydrogen-bond donors (Lipinski definition) is 2. The minimum Gasteiger partial charge on any atom is -0.497 e. The largest absolute Gasteiger partial charge is 0.497 e. The second-order valence-corrected chi connectivity index (χ2v) is 6.36. The number of guanidine groups is 1. The van der Waals surface area contributed by atoms with Gasteiger partial charge < -0.3 is 19.9 Å². The standard InChI is InChI=1S/C18H25N5O3/c1-3-22-7-9-23(10-8-22)18-20-15(12-16(24)21-18)17(25)19-13-5-4-6-14(11-13)26-2/h4-6,11,15H,3,7-10,12H2,1-2H3,(H,19,25)(H,20,21,24)/t15-/m1/s1. The second kappa shape index (κ2) is 8.18. The molecule has 1 fully saturated rings. The lowest BCUT2D eigenvalue weighted by molar-refractivity contribution is -0.125. The molecule has 2 heterocycles. The molecular weight excluding hydrogens is 334 g/mol. The number of piperazine rings is 1. The van der Waals surface area contributed by atoms with Gasteiger partial charge in [-0.15, -0.1) is 0 Å². The van der Waals surface area contributed by atoms with E-state index in [-0.39, 0.29) is 18.2 Å². The van der Waals surface area contributed by atoms with Crippen molar-refractivity contribution in [2.75, 3.05) is 45.2 Å². The lowest BCUT2D eigenvalue weighted by Gasteiger charge is -2.37. The first-order valence-corrected chi connectivity index (χ1v) is 8.89. The van der Waals surface area contributed by atoms with Gasteiger partial charge in [0.2, 0.25) is 17.8 Å². The smallest absolute Gasteiger partial charge is 0.249 e. The third-order valence-electron chi connectivity index (χ3n) is 4.67. The highest BCUT2D eigenvalue weighted by Crippen LogP contribution is 2.18. The second-order valence-electron chi connectivity index (χ2n) is 6.36. The number of nitrogens with one attached hydrogen (secondary N) is 2. The van der Waals surface area contributed by atoms with Gasteiger partial charge in [0.05, 0.1) is 13.5 Å². The number of rotatable bonds is 4. The highest BCUT2D eigenvalue weighted by molar-refractivity contribution is 6.06. The summed E-state index contributed by atoms with van der Waals surface area (Å²) in [6.07, 6.45) is 0.0498. The molecule has 140 valence electrons. The maximum Gasteiger partial charge on any atom is 0.249 e. The number of carbonyl (C=O) groups is 2. The van der Waals surface area contributed by atoms with Crippen LogP contribution in [0.4, 0.5) is 5.69 Å². The van der Waals surface area contributed by atoms with E-state index in [9.17, 15) is 9.59 Å². The number of nitrogens with zero attached hydrogens (tertiary/aromatic N) is 3. The summed E-state index contributed by atoms with van der Waals surface area (Å²) in [6, 6.07) is 6.38. The molecular formula is C18H25N5O3. The molecule has 0 saturated carbocycles. The fourth-order valence-corrected chi connectivity index (χ4v) is 3.09. The predicted octanol–water partition coefficient (Wildman–Crippen LogP) is 0.516. The normalized spacial score (nSPS) is 21.0. The van der Waals surface area contributed by atoms with Crippen molar-refractivity contribution in [2.45, 2.75) is 19.4 Å². The van der Waals surface area contributed by atoms with Gasteiger partial charge in [-0.05, 0) is 18.7 Å². The molecule has 0 spiro atoms. The third kappa shape index (κ3) is 4.32. The Kier molecular flexibility index (Phi) is 5.72. The molecule has 0 aromatic heterocycles. The van der Waals surface area contributed by atoms with E-state index in [1.165, 1.54) is 0 Å². The number of anilines is 1. The molecule has 3 rings (SSSR count). The molecule has 26 heavy (non-hydrogen) atoms. The van der Waals surface area contributed by atoms with Gasteiger partial charge >= 0.3 is 0 Å². The number of aliphatic imine (C=N–C) groups is 1. The Hall–Kier alpha value is -2.61. The fourth-order valence-electron chi connectivity index (χ4n) is 3.09. The monoisotopic (exact) mass is 359 g/mol. The van der Waals surface area contributed by atoms with Gasteiger partial charge in [0.1, 0.15) is 11.8 Å². The Morgan fingerprint density at radius 2 is 2.12 bits per heavy atom. The molecule has 0 aliphatic carbocycles. The van der Waals surface area contributed by atoms with Crippen molar-refractivity contribution in [2.24, 2.45) is 4.99 Å². The van der Waals surface area contributed by atoms with Crippen LogP contribution in [0.5, 0.6) is 5.75 Å². The number of methoxy groups -OCH3 is 1. The van der Waals surface area contributed by atoms with Gasteiger partial charge in [-0.3, -0.25) is 14.9 Å². The Bertz CT molecular complexity index is 698. The lowest BCUT2D eigenvalue weighted by atomic mass is 10.1. The van der Waals surface area contributed by atoms with Crippen LogP contribution in [0.1, 0.15) is 13.3 Å². The summed E-state index contributed by atoms with van der Waals surface area (Å²) in [5.74, 6) is 0.682. The van der Waals surface area contributed by atoms with Gasteiger partial charge in [0.25, 0.3) is 0 Å². The minimum absolute atomic E-state index is 0.0498. The molecule has 8 heteroatoms. The summed E-state index contributed by atoms with van der Waals surface area (Å²) in [7, 11) is 1.57. The van der Waals surface area contributed by atoms with Crippen LogP contribution in [-0.2, 0) is 9.59 Å². The number of likely N-dealkylation sites (N-methyl/N-ethyl adjacent to an activating group) is 1. The topological polar surface area (TPSA) is 86.3 Å². The Morgan fingerprint density at radius 3 is 2.81 bits per heavy atom.